The van der Waals surface area contributed by atoms with Crippen LogP contribution in [0.3, 0.4) is 0 Å². The minimum Gasteiger partial charge on any atom is -0.334 e. The maximum absolute atomic E-state index is 11.6. The summed E-state index contributed by atoms with van der Waals surface area (Å²) in [5.74, 6) is 0.848. The molecule has 0 saturated carbocycles. The molecule has 6 nitrogen and oxygen atoms in total. The molecule has 21 heavy (non-hydrogen) atoms. The van der Waals surface area contributed by atoms with Crippen molar-refractivity contribution in [2.45, 2.75) is 13.3 Å². The standard InChI is InChI=1S/C13H16ClN3O3S/c1-3-21(18,19)17(2)9-8-12-15-13(20-16-12)10-6-4-5-7-11(10)14/h4-7H,3,8-9H2,1-2H3. The van der Waals surface area contributed by atoms with Gasteiger partial charge in [0, 0.05) is 20.0 Å². The van der Waals surface area contributed by atoms with Crippen LogP contribution in [0.2, 0.25) is 5.02 Å². The molecule has 2 rings (SSSR count). The molecular weight excluding hydrogens is 314 g/mol. The Morgan fingerprint density at radius 1 is 1.33 bits per heavy atom. The van der Waals surface area contributed by atoms with E-state index in [0.717, 1.165) is 0 Å². The summed E-state index contributed by atoms with van der Waals surface area (Å²) in [6.45, 7) is 1.91. The molecule has 0 saturated heterocycles. The highest BCUT2D eigenvalue weighted by atomic mass is 35.5. The van der Waals surface area contributed by atoms with E-state index in [-0.39, 0.29) is 5.75 Å². The fourth-order valence-corrected chi connectivity index (χ4v) is 2.74. The Morgan fingerprint density at radius 3 is 2.71 bits per heavy atom. The zero-order valence-electron chi connectivity index (χ0n) is 11.8. The van der Waals surface area contributed by atoms with Crippen molar-refractivity contribution < 1.29 is 12.9 Å². The van der Waals surface area contributed by atoms with E-state index in [9.17, 15) is 8.42 Å². The summed E-state index contributed by atoms with van der Waals surface area (Å²) in [6.07, 6.45) is 0.379. The Labute approximate surface area is 128 Å². The van der Waals surface area contributed by atoms with Crippen molar-refractivity contribution in [3.05, 3.63) is 35.1 Å². The monoisotopic (exact) mass is 329 g/mol. The van der Waals surface area contributed by atoms with Crippen LogP contribution in [0.5, 0.6) is 0 Å². The van der Waals surface area contributed by atoms with Gasteiger partial charge in [0.05, 0.1) is 16.3 Å². The van der Waals surface area contributed by atoms with Gasteiger partial charge in [0.1, 0.15) is 0 Å². The Hall–Kier alpha value is -1.44. The molecule has 1 heterocycles. The molecule has 0 aliphatic carbocycles. The number of halogens is 1. The first-order valence-electron chi connectivity index (χ1n) is 6.45. The summed E-state index contributed by atoms with van der Waals surface area (Å²) in [7, 11) is -1.66. The molecule has 0 spiro atoms. The third kappa shape index (κ3) is 3.81. The van der Waals surface area contributed by atoms with Crippen molar-refractivity contribution in [3.63, 3.8) is 0 Å². The molecule has 8 heteroatoms. The van der Waals surface area contributed by atoms with Gasteiger partial charge in [-0.2, -0.15) is 4.98 Å². The van der Waals surface area contributed by atoms with Gasteiger partial charge < -0.3 is 4.52 Å². The molecule has 0 amide bonds. The van der Waals surface area contributed by atoms with Gasteiger partial charge in [-0.15, -0.1) is 0 Å². The molecule has 114 valence electrons. The molecule has 0 radical (unpaired) electrons. The number of likely N-dealkylation sites (N-methyl/N-ethyl adjacent to an activating group) is 1. The van der Waals surface area contributed by atoms with Crippen LogP contribution >= 0.6 is 11.6 Å². The molecule has 0 N–H and O–H groups in total. The summed E-state index contributed by atoms with van der Waals surface area (Å²) in [5, 5.41) is 4.37. The van der Waals surface area contributed by atoms with Gasteiger partial charge in [0.15, 0.2) is 5.82 Å². The SMILES string of the molecule is CCS(=O)(=O)N(C)CCc1noc(-c2ccccc2Cl)n1. The second-order valence-electron chi connectivity index (χ2n) is 4.47. The first-order valence-corrected chi connectivity index (χ1v) is 8.44. The van der Waals surface area contributed by atoms with E-state index in [1.807, 2.05) is 12.1 Å². The van der Waals surface area contributed by atoms with Crippen molar-refractivity contribution in [2.75, 3.05) is 19.3 Å². The van der Waals surface area contributed by atoms with E-state index in [1.165, 1.54) is 11.4 Å². The van der Waals surface area contributed by atoms with Gasteiger partial charge >= 0.3 is 0 Å². The van der Waals surface area contributed by atoms with Crippen LogP contribution in [-0.2, 0) is 16.4 Å². The first-order chi connectivity index (χ1) is 9.94. The Morgan fingerprint density at radius 2 is 2.05 bits per heavy atom. The summed E-state index contributed by atoms with van der Waals surface area (Å²) in [5.41, 5.74) is 0.660. The fourth-order valence-electron chi connectivity index (χ4n) is 1.72. The van der Waals surface area contributed by atoms with Gasteiger partial charge in [-0.25, -0.2) is 12.7 Å². The van der Waals surface area contributed by atoms with Gasteiger partial charge in [-0.05, 0) is 19.1 Å². The lowest BCUT2D eigenvalue weighted by molar-refractivity contribution is 0.415. The molecule has 0 unspecified atom stereocenters. The van der Waals surface area contributed by atoms with Crippen LogP contribution in [0.25, 0.3) is 11.5 Å². The lowest BCUT2D eigenvalue weighted by Gasteiger charge is -2.14. The van der Waals surface area contributed by atoms with Gasteiger partial charge in [-0.1, -0.05) is 28.9 Å². The normalized spacial score (nSPS) is 12.0. The zero-order valence-corrected chi connectivity index (χ0v) is 13.4. The topological polar surface area (TPSA) is 76.3 Å². The van der Waals surface area contributed by atoms with Crippen LogP contribution in [0.15, 0.2) is 28.8 Å². The van der Waals surface area contributed by atoms with E-state index < -0.39 is 10.0 Å². The second kappa shape index (κ2) is 6.55. The molecule has 0 bridgehead atoms. The molecule has 0 atom stereocenters. The van der Waals surface area contributed by atoms with E-state index in [0.29, 0.717) is 35.3 Å². The number of rotatable bonds is 6. The lowest BCUT2D eigenvalue weighted by Crippen LogP contribution is -2.30. The van der Waals surface area contributed by atoms with Crippen molar-refractivity contribution in [1.82, 2.24) is 14.4 Å². The Kier molecular flexibility index (Phi) is 4.97. The molecule has 1 aromatic carbocycles. The molecule has 0 fully saturated rings. The van der Waals surface area contributed by atoms with Crippen LogP contribution in [0, 0.1) is 0 Å². The van der Waals surface area contributed by atoms with Crippen LogP contribution in [-0.4, -0.2) is 42.2 Å². The van der Waals surface area contributed by atoms with Gasteiger partial charge in [-0.3, -0.25) is 0 Å². The predicted octanol–water partition coefficient (Wildman–Crippen LogP) is 2.21. The number of benzene rings is 1. The average Bonchev–Trinajstić information content (AvgIpc) is 2.93. The van der Waals surface area contributed by atoms with Crippen molar-refractivity contribution >= 4 is 21.6 Å². The second-order valence-corrected chi connectivity index (χ2v) is 7.24. The number of hydrogen-bond donors (Lipinski definition) is 0. The highest BCUT2D eigenvalue weighted by molar-refractivity contribution is 7.89. The van der Waals surface area contributed by atoms with Crippen molar-refractivity contribution in [2.24, 2.45) is 0 Å². The number of hydrogen-bond acceptors (Lipinski definition) is 5. The summed E-state index contributed by atoms with van der Waals surface area (Å²) >= 11 is 6.06. The zero-order chi connectivity index (χ0) is 15.5. The number of nitrogens with zero attached hydrogens (tertiary/aromatic N) is 3. The third-order valence-electron chi connectivity index (χ3n) is 3.06. The smallest absolute Gasteiger partial charge is 0.259 e. The molecule has 0 aliphatic rings. The lowest BCUT2D eigenvalue weighted by atomic mass is 10.2. The predicted molar refractivity (Wildman–Crippen MR) is 80.5 cm³/mol. The Balaban J connectivity index is 2.06. The van der Waals surface area contributed by atoms with E-state index in [2.05, 4.69) is 10.1 Å². The number of aromatic nitrogens is 2. The van der Waals surface area contributed by atoms with Crippen LogP contribution in [0.4, 0.5) is 0 Å². The Bertz CT molecular complexity index is 715. The molecule has 2 aromatic rings. The third-order valence-corrected chi connectivity index (χ3v) is 5.25. The quantitative estimate of drug-likeness (QED) is 0.812. The van der Waals surface area contributed by atoms with Gasteiger partial charge in [0.2, 0.25) is 10.0 Å². The fraction of sp³-hybridized carbons (Fsp3) is 0.385. The molecule has 0 aliphatic heterocycles. The van der Waals surface area contributed by atoms with Gasteiger partial charge in [0.25, 0.3) is 5.89 Å². The molecule has 1 aromatic heterocycles. The minimum absolute atomic E-state index is 0.0701. The maximum atomic E-state index is 11.6. The minimum atomic E-state index is -3.19. The number of sulfonamides is 1. The van der Waals surface area contributed by atoms with E-state index in [1.54, 1.807) is 19.1 Å². The highest BCUT2D eigenvalue weighted by Crippen LogP contribution is 2.25. The van der Waals surface area contributed by atoms with Crippen molar-refractivity contribution in [3.8, 4) is 11.5 Å². The highest BCUT2D eigenvalue weighted by Gasteiger charge is 2.17. The van der Waals surface area contributed by atoms with E-state index >= 15 is 0 Å². The van der Waals surface area contributed by atoms with Crippen LogP contribution in [0.1, 0.15) is 12.7 Å². The van der Waals surface area contributed by atoms with Crippen LogP contribution < -0.4 is 0 Å². The average molecular weight is 330 g/mol. The first kappa shape index (κ1) is 15.9. The summed E-state index contributed by atoms with van der Waals surface area (Å²) in [4.78, 5) is 4.24. The van der Waals surface area contributed by atoms with E-state index in [4.69, 9.17) is 16.1 Å². The summed E-state index contributed by atoms with van der Waals surface area (Å²) in [6, 6.07) is 7.16. The van der Waals surface area contributed by atoms with Crippen molar-refractivity contribution in [1.29, 1.82) is 0 Å². The summed E-state index contributed by atoms with van der Waals surface area (Å²) < 4.78 is 29.7. The largest absolute Gasteiger partial charge is 0.334 e. The molecular formula is C13H16ClN3O3S. The maximum Gasteiger partial charge on any atom is 0.259 e.